The van der Waals surface area contributed by atoms with Gasteiger partial charge in [-0.3, -0.25) is 9.69 Å². The highest BCUT2D eigenvalue weighted by molar-refractivity contribution is 5.77. The Labute approximate surface area is 163 Å². The molecule has 3 heterocycles. The van der Waals surface area contributed by atoms with Gasteiger partial charge in [-0.15, -0.1) is 0 Å². The molecule has 4 heteroatoms. The van der Waals surface area contributed by atoms with Crippen molar-refractivity contribution in [3.8, 4) is 0 Å². The quantitative estimate of drug-likeness (QED) is 0.759. The number of amides is 1. The van der Waals surface area contributed by atoms with Crippen molar-refractivity contribution in [3.63, 3.8) is 0 Å². The summed E-state index contributed by atoms with van der Waals surface area (Å²) in [6, 6.07) is 10.9. The lowest BCUT2D eigenvalue weighted by molar-refractivity contribution is -0.140. The molecule has 0 spiro atoms. The SMILES string of the molecule is C[C@@]12CCN(CC3=CCCOC3)[C@@H]1CCCCC(=O)N2Cc1ccccc1. The van der Waals surface area contributed by atoms with Crippen molar-refractivity contribution in [3.05, 3.63) is 47.5 Å². The van der Waals surface area contributed by atoms with Crippen LogP contribution >= 0.6 is 0 Å². The Balaban J connectivity index is 1.57. The van der Waals surface area contributed by atoms with E-state index in [0.717, 1.165) is 58.5 Å². The standard InChI is InChI=1S/C23H32N2O2/c1-23-13-14-24(16-20-10-7-15-27-18-20)21(23)11-5-6-12-22(26)25(23)17-19-8-3-2-4-9-19/h2-4,8-10,21H,5-7,11-18H2,1H3/t21-,23-/m1/s1. The highest BCUT2D eigenvalue weighted by atomic mass is 16.5. The summed E-state index contributed by atoms with van der Waals surface area (Å²) in [4.78, 5) is 17.9. The lowest BCUT2D eigenvalue weighted by Crippen LogP contribution is -2.57. The number of carbonyl (C=O) groups is 1. The fraction of sp³-hybridized carbons (Fsp3) is 0.609. The number of carbonyl (C=O) groups excluding carboxylic acids is 1. The molecule has 0 aromatic heterocycles. The van der Waals surface area contributed by atoms with E-state index in [4.69, 9.17) is 4.74 Å². The first-order chi connectivity index (χ1) is 13.2. The average molecular weight is 369 g/mol. The summed E-state index contributed by atoms with van der Waals surface area (Å²) in [5, 5.41) is 0. The maximum Gasteiger partial charge on any atom is 0.223 e. The normalized spacial score (nSPS) is 29.8. The number of hydrogen-bond acceptors (Lipinski definition) is 3. The molecule has 2 saturated heterocycles. The van der Waals surface area contributed by atoms with Crippen molar-refractivity contribution in [2.24, 2.45) is 0 Å². The molecule has 1 aromatic rings. The zero-order valence-electron chi connectivity index (χ0n) is 16.5. The van der Waals surface area contributed by atoms with E-state index in [1.807, 2.05) is 6.07 Å². The van der Waals surface area contributed by atoms with Gasteiger partial charge >= 0.3 is 0 Å². The highest BCUT2D eigenvalue weighted by Gasteiger charge is 2.49. The number of nitrogens with zero attached hydrogens (tertiary/aromatic N) is 2. The molecule has 1 aromatic carbocycles. The van der Waals surface area contributed by atoms with Crippen LogP contribution in [-0.2, 0) is 16.1 Å². The van der Waals surface area contributed by atoms with Gasteiger partial charge in [-0.05, 0) is 43.7 Å². The molecule has 0 radical (unpaired) electrons. The van der Waals surface area contributed by atoms with Crippen LogP contribution in [0.5, 0.6) is 0 Å². The van der Waals surface area contributed by atoms with E-state index in [2.05, 4.69) is 47.1 Å². The van der Waals surface area contributed by atoms with Gasteiger partial charge in [-0.1, -0.05) is 42.8 Å². The van der Waals surface area contributed by atoms with Crippen LogP contribution in [0.2, 0.25) is 0 Å². The van der Waals surface area contributed by atoms with Crippen molar-refractivity contribution < 1.29 is 9.53 Å². The largest absolute Gasteiger partial charge is 0.377 e. The minimum absolute atomic E-state index is 0.0799. The monoisotopic (exact) mass is 368 g/mol. The van der Waals surface area contributed by atoms with Gasteiger partial charge in [-0.2, -0.15) is 0 Å². The average Bonchev–Trinajstić information content (AvgIpc) is 3.00. The minimum atomic E-state index is -0.0799. The molecule has 3 aliphatic rings. The molecule has 0 saturated carbocycles. The first-order valence-corrected chi connectivity index (χ1v) is 10.5. The second kappa shape index (κ2) is 8.15. The zero-order chi connectivity index (χ0) is 18.7. The molecule has 1 amide bonds. The van der Waals surface area contributed by atoms with E-state index >= 15 is 0 Å². The van der Waals surface area contributed by atoms with Crippen LogP contribution in [0.25, 0.3) is 0 Å². The Bertz CT molecular complexity index is 687. The summed E-state index contributed by atoms with van der Waals surface area (Å²) in [5.74, 6) is 0.327. The van der Waals surface area contributed by atoms with Crippen LogP contribution in [-0.4, -0.2) is 53.6 Å². The minimum Gasteiger partial charge on any atom is -0.377 e. The summed E-state index contributed by atoms with van der Waals surface area (Å²) in [5.41, 5.74) is 2.56. The van der Waals surface area contributed by atoms with Crippen LogP contribution in [0, 0.1) is 0 Å². The first-order valence-electron chi connectivity index (χ1n) is 10.5. The molecular weight excluding hydrogens is 336 g/mol. The Kier molecular flexibility index (Phi) is 5.65. The summed E-state index contributed by atoms with van der Waals surface area (Å²) in [6.45, 7) is 6.74. The Morgan fingerprint density at radius 3 is 2.81 bits per heavy atom. The van der Waals surface area contributed by atoms with Gasteiger partial charge in [0.15, 0.2) is 0 Å². The molecule has 0 aliphatic carbocycles. The van der Waals surface area contributed by atoms with E-state index in [9.17, 15) is 4.79 Å². The summed E-state index contributed by atoms with van der Waals surface area (Å²) < 4.78 is 5.66. The predicted molar refractivity (Wildman–Crippen MR) is 107 cm³/mol. The van der Waals surface area contributed by atoms with Crippen molar-refractivity contribution in [2.75, 3.05) is 26.3 Å². The smallest absolute Gasteiger partial charge is 0.223 e. The van der Waals surface area contributed by atoms with Crippen molar-refractivity contribution in [1.29, 1.82) is 0 Å². The lowest BCUT2D eigenvalue weighted by atomic mass is 9.84. The molecule has 0 N–H and O–H groups in total. The number of likely N-dealkylation sites (tertiary alicyclic amines) is 2. The Morgan fingerprint density at radius 1 is 1.19 bits per heavy atom. The summed E-state index contributed by atoms with van der Waals surface area (Å²) in [7, 11) is 0. The molecule has 3 aliphatic heterocycles. The van der Waals surface area contributed by atoms with E-state index in [0.29, 0.717) is 18.4 Å². The third-order valence-electron chi connectivity index (χ3n) is 6.67. The van der Waals surface area contributed by atoms with Crippen molar-refractivity contribution >= 4 is 5.91 Å². The van der Waals surface area contributed by atoms with Gasteiger partial charge in [0.2, 0.25) is 5.91 Å². The molecule has 4 nitrogen and oxygen atoms in total. The molecular formula is C23H32N2O2. The number of hydrogen-bond donors (Lipinski definition) is 0. The number of benzene rings is 1. The molecule has 0 unspecified atom stereocenters. The van der Waals surface area contributed by atoms with Crippen LogP contribution in [0.15, 0.2) is 42.0 Å². The third kappa shape index (κ3) is 3.97. The molecule has 146 valence electrons. The van der Waals surface area contributed by atoms with Crippen molar-refractivity contribution in [2.45, 2.75) is 63.6 Å². The van der Waals surface area contributed by atoms with Gasteiger partial charge in [0.25, 0.3) is 0 Å². The van der Waals surface area contributed by atoms with Crippen LogP contribution < -0.4 is 0 Å². The predicted octanol–water partition coefficient (Wildman–Crippen LogP) is 3.77. The van der Waals surface area contributed by atoms with Crippen LogP contribution in [0.3, 0.4) is 0 Å². The molecule has 2 atom stereocenters. The van der Waals surface area contributed by atoms with Gasteiger partial charge in [0.05, 0.1) is 18.8 Å². The second-order valence-electron chi connectivity index (χ2n) is 8.51. The fourth-order valence-corrected chi connectivity index (χ4v) is 5.13. The van der Waals surface area contributed by atoms with Crippen molar-refractivity contribution in [1.82, 2.24) is 9.80 Å². The number of rotatable bonds is 4. The first kappa shape index (κ1) is 18.7. The molecule has 4 rings (SSSR count). The maximum atomic E-state index is 13.1. The molecule has 27 heavy (non-hydrogen) atoms. The van der Waals surface area contributed by atoms with Gasteiger partial charge in [0.1, 0.15) is 0 Å². The Hall–Kier alpha value is -1.65. The van der Waals surface area contributed by atoms with E-state index < -0.39 is 0 Å². The fourth-order valence-electron chi connectivity index (χ4n) is 5.13. The summed E-state index contributed by atoms with van der Waals surface area (Å²) >= 11 is 0. The molecule has 0 bridgehead atoms. The third-order valence-corrected chi connectivity index (χ3v) is 6.67. The second-order valence-corrected chi connectivity index (χ2v) is 8.51. The van der Waals surface area contributed by atoms with Gasteiger partial charge in [-0.25, -0.2) is 0 Å². The van der Waals surface area contributed by atoms with E-state index in [1.165, 1.54) is 17.6 Å². The van der Waals surface area contributed by atoms with Gasteiger partial charge in [0, 0.05) is 32.1 Å². The van der Waals surface area contributed by atoms with Crippen LogP contribution in [0.4, 0.5) is 0 Å². The maximum absolute atomic E-state index is 13.1. The van der Waals surface area contributed by atoms with E-state index in [1.54, 1.807) is 0 Å². The Morgan fingerprint density at radius 2 is 2.04 bits per heavy atom. The van der Waals surface area contributed by atoms with Crippen LogP contribution in [0.1, 0.15) is 51.0 Å². The zero-order valence-corrected chi connectivity index (χ0v) is 16.5. The molecule has 2 fully saturated rings. The lowest BCUT2D eigenvalue weighted by Gasteiger charge is -2.46. The number of fused-ring (bicyclic) bond motifs is 1. The highest BCUT2D eigenvalue weighted by Crippen LogP contribution is 2.40. The van der Waals surface area contributed by atoms with E-state index in [-0.39, 0.29) is 5.54 Å². The number of ether oxygens (including phenoxy) is 1. The summed E-state index contributed by atoms with van der Waals surface area (Å²) in [6.07, 6.45) is 8.48. The van der Waals surface area contributed by atoms with Gasteiger partial charge < -0.3 is 9.64 Å². The topological polar surface area (TPSA) is 32.8 Å².